The van der Waals surface area contributed by atoms with Crippen molar-refractivity contribution in [2.75, 3.05) is 0 Å². The average Bonchev–Trinajstić information content (AvgIpc) is 3.68. The Balaban J connectivity index is 0.000000180. The van der Waals surface area contributed by atoms with E-state index in [0.29, 0.717) is 0 Å². The van der Waals surface area contributed by atoms with Crippen LogP contribution in [0.4, 0.5) is 0 Å². The average molecular weight is 693 g/mol. The molecule has 7 aromatic carbocycles. The summed E-state index contributed by atoms with van der Waals surface area (Å²) in [5.74, 6) is 0. The van der Waals surface area contributed by atoms with Gasteiger partial charge in [0.2, 0.25) is 0 Å². The van der Waals surface area contributed by atoms with Crippen molar-refractivity contribution in [2.45, 2.75) is 40.5 Å². The Morgan fingerprint density at radius 2 is 1.11 bits per heavy atom. The van der Waals surface area contributed by atoms with E-state index in [1.54, 1.807) is 0 Å². The summed E-state index contributed by atoms with van der Waals surface area (Å²) >= 11 is 1.46. The van der Waals surface area contributed by atoms with Gasteiger partial charge in [0.1, 0.15) is 0 Å². The fraction of sp³-hybridized carbons (Fsp3) is 0.146. The van der Waals surface area contributed by atoms with E-state index in [1.807, 2.05) is 0 Å². The first-order chi connectivity index (χ1) is 20.5. The van der Waals surface area contributed by atoms with Crippen LogP contribution in [0.5, 0.6) is 0 Å². The molecule has 0 spiro atoms. The molecular weight excluding hydrogens is 655 g/mol. The Bertz CT molecular complexity index is 1830. The van der Waals surface area contributed by atoms with Crippen LogP contribution in [0.1, 0.15) is 47.2 Å². The van der Waals surface area contributed by atoms with E-state index < -0.39 is 0 Å². The van der Waals surface area contributed by atoms with Crippen LogP contribution >= 0.6 is 0 Å². The maximum absolute atomic E-state index is 2.32. The molecule has 0 fully saturated rings. The second-order valence-corrected chi connectivity index (χ2v) is 12.1. The zero-order valence-corrected chi connectivity index (χ0v) is 29.8. The van der Waals surface area contributed by atoms with Crippen molar-refractivity contribution in [3.63, 3.8) is 0 Å². The van der Waals surface area contributed by atoms with Gasteiger partial charge in [0.15, 0.2) is 0 Å². The molecule has 3 heteroatoms. The van der Waals surface area contributed by atoms with Crippen molar-refractivity contribution in [1.29, 1.82) is 0 Å². The molecule has 0 aliphatic rings. The minimum absolute atomic E-state index is 0. The number of fused-ring (bicyclic) bond motifs is 4. The molecule has 0 N–H and O–H groups in total. The molecule has 0 bridgehead atoms. The number of hydrogen-bond acceptors (Lipinski definition) is 0. The Morgan fingerprint density at radius 1 is 0.614 bits per heavy atom. The van der Waals surface area contributed by atoms with E-state index in [-0.39, 0.29) is 24.8 Å². The molecule has 0 saturated carbocycles. The fourth-order valence-corrected chi connectivity index (χ4v) is 6.23. The summed E-state index contributed by atoms with van der Waals surface area (Å²) in [6.07, 6.45) is 2.22. The second-order valence-electron chi connectivity index (χ2n) is 10.8. The van der Waals surface area contributed by atoms with Gasteiger partial charge in [0, 0.05) is 0 Å². The predicted molar refractivity (Wildman–Crippen MR) is 181 cm³/mol. The summed E-state index contributed by atoms with van der Waals surface area (Å²) in [7, 11) is 0. The summed E-state index contributed by atoms with van der Waals surface area (Å²) in [6, 6.07) is 47.9. The quantitative estimate of drug-likeness (QED) is 0.232. The molecule has 222 valence electrons. The number of halogens is 2. The third-order valence-corrected chi connectivity index (χ3v) is 9.55. The van der Waals surface area contributed by atoms with Gasteiger partial charge in [0.05, 0.1) is 0 Å². The van der Waals surface area contributed by atoms with Gasteiger partial charge in [-0.25, -0.2) is 0 Å². The van der Waals surface area contributed by atoms with Crippen LogP contribution < -0.4 is 24.8 Å². The van der Waals surface area contributed by atoms with Crippen LogP contribution in [0.3, 0.4) is 0 Å². The molecule has 0 aromatic heterocycles. The topological polar surface area (TPSA) is 0 Å². The van der Waals surface area contributed by atoms with E-state index >= 15 is 0 Å². The number of hydrogen-bond donors (Lipinski definition) is 0. The van der Waals surface area contributed by atoms with E-state index in [1.165, 1.54) is 93.1 Å². The monoisotopic (exact) mass is 690 g/mol. The summed E-state index contributed by atoms with van der Waals surface area (Å²) in [6.45, 7) is 8.75. The molecule has 7 rings (SSSR count). The molecule has 0 amide bonds. The van der Waals surface area contributed by atoms with Crippen LogP contribution in [0.15, 0.2) is 133 Å². The maximum atomic E-state index is 2.32. The van der Waals surface area contributed by atoms with Crippen molar-refractivity contribution in [2.24, 2.45) is 0 Å². The first-order valence-electron chi connectivity index (χ1n) is 14.9. The van der Waals surface area contributed by atoms with E-state index in [9.17, 15) is 0 Å². The zero-order chi connectivity index (χ0) is 29.5. The third kappa shape index (κ3) is 8.34. The van der Waals surface area contributed by atoms with Crippen molar-refractivity contribution >= 4 is 35.5 Å². The van der Waals surface area contributed by atoms with Crippen molar-refractivity contribution < 1.29 is 49.0 Å². The van der Waals surface area contributed by atoms with Crippen molar-refractivity contribution in [3.05, 3.63) is 167 Å². The summed E-state index contributed by atoms with van der Waals surface area (Å²) < 4.78 is 1.42. The van der Waals surface area contributed by atoms with Gasteiger partial charge in [-0.15, -0.1) is 68.2 Å². The van der Waals surface area contributed by atoms with Gasteiger partial charge in [-0.1, -0.05) is 67.8 Å². The standard InChI is InChI=1S/C17H17.C13H10.C11H11.2ClH.Zr/c1-3-12-5-7-16-14(9-12)11-15-10-13(4-2)6-8-17(15)16;1-3-7-12(8-4-1)11-13-9-5-2-6-10-13;1-8-6-7-10-4-3-5-11(10)9(8)2;;;/h5-11H,3-4H2,1-2H3;1-10H;3-7H,1-2H3;2*1H;/q-1;;-1;;;+2/p-2. The molecule has 7 aromatic rings. The Morgan fingerprint density at radius 3 is 1.59 bits per heavy atom. The number of rotatable bonds is 4. The Labute approximate surface area is 290 Å². The normalized spacial score (nSPS) is 10.2. The third-order valence-electron chi connectivity index (χ3n) is 8.13. The van der Waals surface area contributed by atoms with Crippen LogP contribution in [-0.2, 0) is 37.1 Å². The first-order valence-corrected chi connectivity index (χ1v) is 16.1. The SMILES string of the molecule is CCc1ccc2c(c1)[cH-]c1cc(CC)ccc12.Cc1ccc2cc[cH-]c2c1C.[Cl-].[Cl-].[Zr+2]=[C](c1ccccc1)c1ccccc1. The molecular formula is C41H38Cl2Zr-2. The molecule has 0 aliphatic heterocycles. The second kappa shape index (κ2) is 16.8. The predicted octanol–water partition coefficient (Wildman–Crippen LogP) is 4.82. The Kier molecular flexibility index (Phi) is 13.5. The van der Waals surface area contributed by atoms with E-state index in [2.05, 4.69) is 161 Å². The molecule has 0 saturated heterocycles. The fourth-order valence-electron chi connectivity index (χ4n) is 5.41. The molecule has 0 aliphatic carbocycles. The van der Waals surface area contributed by atoms with E-state index in [0.717, 1.165) is 12.8 Å². The molecule has 0 atom stereocenters. The van der Waals surface area contributed by atoms with Gasteiger partial charge in [0.25, 0.3) is 0 Å². The Hall–Kier alpha value is -3.09. The minimum atomic E-state index is 0. The molecule has 44 heavy (non-hydrogen) atoms. The molecule has 0 heterocycles. The van der Waals surface area contributed by atoms with Crippen molar-refractivity contribution in [3.8, 4) is 0 Å². The number of benzene rings is 5. The van der Waals surface area contributed by atoms with Crippen LogP contribution in [-0.4, -0.2) is 3.21 Å². The van der Waals surface area contributed by atoms with Crippen LogP contribution in [0.25, 0.3) is 32.3 Å². The molecule has 0 radical (unpaired) electrons. The van der Waals surface area contributed by atoms with Gasteiger partial charge < -0.3 is 24.8 Å². The van der Waals surface area contributed by atoms with Gasteiger partial charge in [-0.05, 0) is 19.8 Å². The molecule has 0 unspecified atom stereocenters. The zero-order valence-electron chi connectivity index (χ0n) is 25.9. The summed E-state index contributed by atoms with van der Waals surface area (Å²) in [4.78, 5) is 0. The van der Waals surface area contributed by atoms with Crippen LogP contribution in [0, 0.1) is 13.8 Å². The number of aryl methyl sites for hydroxylation is 4. The van der Waals surface area contributed by atoms with E-state index in [4.69, 9.17) is 0 Å². The summed E-state index contributed by atoms with van der Waals surface area (Å²) in [5.41, 5.74) is 8.29. The van der Waals surface area contributed by atoms with Crippen LogP contribution in [0.2, 0.25) is 0 Å². The van der Waals surface area contributed by atoms with Gasteiger partial charge in [-0.3, -0.25) is 0 Å². The van der Waals surface area contributed by atoms with Crippen molar-refractivity contribution in [1.82, 2.24) is 0 Å². The van der Waals surface area contributed by atoms with Gasteiger partial charge in [-0.2, -0.15) is 12.1 Å². The van der Waals surface area contributed by atoms with Gasteiger partial charge >= 0.3 is 99.2 Å². The first kappa shape index (κ1) is 35.4. The summed E-state index contributed by atoms with van der Waals surface area (Å²) in [5, 5.41) is 8.29. The molecule has 0 nitrogen and oxygen atoms in total.